The molecular formula is C12H14N2O3. The Bertz CT molecular complexity index is 507. The molecule has 0 spiro atoms. The first-order valence-corrected chi connectivity index (χ1v) is 5.42. The van der Waals surface area contributed by atoms with E-state index in [1.807, 2.05) is 0 Å². The molecule has 1 N–H and O–H groups in total. The summed E-state index contributed by atoms with van der Waals surface area (Å²) in [5.74, 6) is -0.138. The van der Waals surface area contributed by atoms with Gasteiger partial charge in [0.15, 0.2) is 12.0 Å². The van der Waals surface area contributed by atoms with E-state index in [4.69, 9.17) is 9.15 Å². The van der Waals surface area contributed by atoms with Gasteiger partial charge in [0.25, 0.3) is 5.91 Å². The maximum atomic E-state index is 11.9. The molecule has 0 saturated heterocycles. The first-order chi connectivity index (χ1) is 8.33. The van der Waals surface area contributed by atoms with Crippen molar-refractivity contribution in [1.29, 1.82) is 0 Å². The van der Waals surface area contributed by atoms with Crippen LogP contribution in [0.4, 0.5) is 0 Å². The van der Waals surface area contributed by atoms with Crippen LogP contribution in [0, 0.1) is 0 Å². The number of benzene rings is 1. The lowest BCUT2D eigenvalue weighted by atomic mass is 10.2. The van der Waals surface area contributed by atoms with Crippen molar-refractivity contribution < 1.29 is 13.9 Å². The van der Waals surface area contributed by atoms with Crippen LogP contribution in [0.3, 0.4) is 0 Å². The molecule has 0 aliphatic rings. The number of aromatic nitrogens is 1. The van der Waals surface area contributed by atoms with Crippen molar-refractivity contribution in [2.75, 3.05) is 20.3 Å². The third-order valence-electron chi connectivity index (χ3n) is 2.42. The molecule has 1 heterocycles. The minimum absolute atomic E-state index is 0.138. The fraction of sp³-hybridized carbons (Fsp3) is 0.333. The van der Waals surface area contributed by atoms with E-state index in [1.165, 1.54) is 6.39 Å². The monoisotopic (exact) mass is 234 g/mol. The van der Waals surface area contributed by atoms with Crippen LogP contribution in [-0.2, 0) is 4.74 Å². The van der Waals surface area contributed by atoms with E-state index >= 15 is 0 Å². The van der Waals surface area contributed by atoms with Crippen LogP contribution >= 0.6 is 0 Å². The lowest BCUT2D eigenvalue weighted by molar-refractivity contribution is 0.0950. The third kappa shape index (κ3) is 2.62. The summed E-state index contributed by atoms with van der Waals surface area (Å²) in [7, 11) is 1.64. The van der Waals surface area contributed by atoms with Gasteiger partial charge in [-0.1, -0.05) is 6.07 Å². The number of oxazole rings is 1. The molecule has 1 aromatic carbocycles. The maximum absolute atomic E-state index is 11.9. The molecule has 90 valence electrons. The zero-order valence-corrected chi connectivity index (χ0v) is 9.60. The van der Waals surface area contributed by atoms with E-state index in [0.29, 0.717) is 29.8 Å². The molecule has 5 nitrogen and oxygen atoms in total. The number of ether oxygens (including phenoxy) is 1. The van der Waals surface area contributed by atoms with Gasteiger partial charge in [-0.3, -0.25) is 4.79 Å². The van der Waals surface area contributed by atoms with Crippen molar-refractivity contribution in [3.05, 3.63) is 30.2 Å². The Kier molecular flexibility index (Phi) is 3.72. The summed E-state index contributed by atoms with van der Waals surface area (Å²) in [6.07, 6.45) is 2.13. The summed E-state index contributed by atoms with van der Waals surface area (Å²) < 4.78 is 10.0. The van der Waals surface area contributed by atoms with Crippen molar-refractivity contribution in [3.63, 3.8) is 0 Å². The first kappa shape index (κ1) is 11.6. The molecule has 17 heavy (non-hydrogen) atoms. The molecule has 0 unspecified atom stereocenters. The zero-order chi connectivity index (χ0) is 12.1. The number of methoxy groups -OCH3 is 1. The highest BCUT2D eigenvalue weighted by molar-refractivity contribution is 6.04. The van der Waals surface area contributed by atoms with Gasteiger partial charge >= 0.3 is 0 Å². The van der Waals surface area contributed by atoms with Gasteiger partial charge in [-0.05, 0) is 18.6 Å². The number of nitrogens with one attached hydrogen (secondary N) is 1. The molecule has 0 aliphatic carbocycles. The highest BCUT2D eigenvalue weighted by atomic mass is 16.5. The van der Waals surface area contributed by atoms with Crippen LogP contribution in [0.5, 0.6) is 0 Å². The number of hydrogen-bond acceptors (Lipinski definition) is 4. The maximum Gasteiger partial charge on any atom is 0.253 e. The lowest BCUT2D eigenvalue weighted by Crippen LogP contribution is -2.25. The number of amides is 1. The summed E-state index contributed by atoms with van der Waals surface area (Å²) in [5, 5.41) is 2.82. The van der Waals surface area contributed by atoms with Gasteiger partial charge in [0.1, 0.15) is 5.52 Å². The Morgan fingerprint density at radius 2 is 2.41 bits per heavy atom. The molecule has 2 rings (SSSR count). The van der Waals surface area contributed by atoms with Crippen LogP contribution in [0.15, 0.2) is 29.0 Å². The van der Waals surface area contributed by atoms with E-state index in [1.54, 1.807) is 25.3 Å². The largest absolute Gasteiger partial charge is 0.443 e. The highest BCUT2D eigenvalue weighted by Gasteiger charge is 2.11. The highest BCUT2D eigenvalue weighted by Crippen LogP contribution is 2.16. The van der Waals surface area contributed by atoms with Crippen LogP contribution in [-0.4, -0.2) is 31.2 Å². The molecule has 1 amide bonds. The predicted molar refractivity (Wildman–Crippen MR) is 62.8 cm³/mol. The fourth-order valence-corrected chi connectivity index (χ4v) is 1.58. The Morgan fingerprint density at radius 3 is 3.24 bits per heavy atom. The number of rotatable bonds is 5. The molecule has 0 aliphatic heterocycles. The Hall–Kier alpha value is -1.88. The Morgan fingerprint density at radius 1 is 1.53 bits per heavy atom. The molecular weight excluding hydrogens is 220 g/mol. The second kappa shape index (κ2) is 5.45. The fourth-order valence-electron chi connectivity index (χ4n) is 1.58. The van der Waals surface area contributed by atoms with Crippen molar-refractivity contribution >= 4 is 17.0 Å². The molecule has 5 heteroatoms. The number of nitrogens with zero attached hydrogens (tertiary/aromatic N) is 1. The summed E-state index contributed by atoms with van der Waals surface area (Å²) in [6.45, 7) is 1.22. The minimum Gasteiger partial charge on any atom is -0.443 e. The summed E-state index contributed by atoms with van der Waals surface area (Å²) in [6, 6.07) is 5.29. The Labute approximate surface area is 98.8 Å². The Balaban J connectivity index is 2.06. The van der Waals surface area contributed by atoms with Crippen LogP contribution in [0.25, 0.3) is 11.1 Å². The first-order valence-electron chi connectivity index (χ1n) is 5.42. The predicted octanol–water partition coefficient (Wildman–Crippen LogP) is 1.59. The van der Waals surface area contributed by atoms with E-state index in [2.05, 4.69) is 10.3 Å². The minimum atomic E-state index is -0.138. The number of para-hydroxylation sites is 1. The SMILES string of the molecule is COCCCNC(=O)c1cccc2ocnc12. The van der Waals surface area contributed by atoms with Crippen molar-refractivity contribution in [2.45, 2.75) is 6.42 Å². The quantitative estimate of drug-likeness (QED) is 0.798. The molecule has 0 saturated carbocycles. The summed E-state index contributed by atoms with van der Waals surface area (Å²) in [5.41, 5.74) is 1.75. The third-order valence-corrected chi connectivity index (χ3v) is 2.42. The number of carbonyl (C=O) groups excluding carboxylic acids is 1. The number of carbonyl (C=O) groups is 1. The summed E-state index contributed by atoms with van der Waals surface area (Å²) >= 11 is 0. The van der Waals surface area contributed by atoms with Crippen molar-refractivity contribution in [2.24, 2.45) is 0 Å². The van der Waals surface area contributed by atoms with Crippen LogP contribution in [0.1, 0.15) is 16.8 Å². The van der Waals surface area contributed by atoms with E-state index in [-0.39, 0.29) is 5.91 Å². The van der Waals surface area contributed by atoms with E-state index in [0.717, 1.165) is 6.42 Å². The van der Waals surface area contributed by atoms with Gasteiger partial charge in [-0.2, -0.15) is 0 Å². The van der Waals surface area contributed by atoms with Crippen molar-refractivity contribution in [3.8, 4) is 0 Å². The van der Waals surface area contributed by atoms with Gasteiger partial charge in [-0.15, -0.1) is 0 Å². The van der Waals surface area contributed by atoms with Crippen LogP contribution < -0.4 is 5.32 Å². The zero-order valence-electron chi connectivity index (χ0n) is 9.60. The average molecular weight is 234 g/mol. The smallest absolute Gasteiger partial charge is 0.253 e. The van der Waals surface area contributed by atoms with Gasteiger partial charge < -0.3 is 14.5 Å². The van der Waals surface area contributed by atoms with E-state index in [9.17, 15) is 4.79 Å². The van der Waals surface area contributed by atoms with Gasteiger partial charge in [-0.25, -0.2) is 4.98 Å². The molecule has 1 aromatic heterocycles. The standard InChI is InChI=1S/C12H14N2O3/c1-16-7-3-6-13-12(15)9-4-2-5-10-11(9)14-8-17-10/h2,4-5,8H,3,6-7H2,1H3,(H,13,15). The molecule has 0 bridgehead atoms. The number of fused-ring (bicyclic) bond motifs is 1. The van der Waals surface area contributed by atoms with Gasteiger partial charge in [0.2, 0.25) is 0 Å². The normalized spacial score (nSPS) is 10.6. The molecule has 0 radical (unpaired) electrons. The lowest BCUT2D eigenvalue weighted by Gasteiger charge is -2.04. The van der Waals surface area contributed by atoms with Gasteiger partial charge in [0.05, 0.1) is 5.56 Å². The van der Waals surface area contributed by atoms with Crippen LogP contribution in [0.2, 0.25) is 0 Å². The van der Waals surface area contributed by atoms with Gasteiger partial charge in [0, 0.05) is 20.3 Å². The molecule has 0 atom stereocenters. The number of hydrogen-bond donors (Lipinski definition) is 1. The summed E-state index contributed by atoms with van der Waals surface area (Å²) in [4.78, 5) is 15.9. The van der Waals surface area contributed by atoms with Crippen molar-refractivity contribution in [1.82, 2.24) is 10.3 Å². The molecule has 0 fully saturated rings. The molecule has 2 aromatic rings. The van der Waals surface area contributed by atoms with E-state index < -0.39 is 0 Å². The average Bonchev–Trinajstić information content (AvgIpc) is 2.82. The second-order valence-electron chi connectivity index (χ2n) is 3.61. The topological polar surface area (TPSA) is 64.4 Å². The second-order valence-corrected chi connectivity index (χ2v) is 3.61.